The van der Waals surface area contributed by atoms with Crippen LogP contribution in [0.5, 0.6) is 0 Å². The molecule has 2 aliphatic rings. The molecule has 0 amide bonds. The standard InChI is InChI=1S/C17H29N5S/c1-4-5-8-23-17-19-14(18)9-15(20-17)22-10-12-6-7-13(11-22)16(12)21(2)3/h9,12-13,16H,4-8,10-11H2,1-3H3,(H2,18,19,20)/t12-,13+,16?. The summed E-state index contributed by atoms with van der Waals surface area (Å²) in [5, 5.41) is 0.829. The number of fused-ring (bicyclic) bond motifs is 2. The second kappa shape index (κ2) is 7.26. The average molecular weight is 336 g/mol. The van der Waals surface area contributed by atoms with Gasteiger partial charge in [0.05, 0.1) is 0 Å². The highest BCUT2D eigenvalue weighted by molar-refractivity contribution is 7.99. The maximum absolute atomic E-state index is 6.03. The monoisotopic (exact) mass is 335 g/mol. The van der Waals surface area contributed by atoms with E-state index in [1.165, 1.54) is 25.7 Å². The molecule has 0 radical (unpaired) electrons. The lowest BCUT2D eigenvalue weighted by atomic mass is 9.91. The SMILES string of the molecule is CCCCSc1nc(N)cc(N2C[C@H]3CC[C@@H](C2)C3N(C)C)n1. The number of unbranched alkanes of at least 4 members (excludes halogenated alkanes) is 1. The van der Waals surface area contributed by atoms with Crippen molar-refractivity contribution in [3.05, 3.63) is 6.07 Å². The van der Waals surface area contributed by atoms with Gasteiger partial charge in [-0.25, -0.2) is 9.97 Å². The predicted molar refractivity (Wildman–Crippen MR) is 98.0 cm³/mol. The van der Waals surface area contributed by atoms with E-state index in [0.29, 0.717) is 5.82 Å². The maximum atomic E-state index is 6.03. The van der Waals surface area contributed by atoms with E-state index in [9.17, 15) is 0 Å². The first-order chi connectivity index (χ1) is 11.1. The molecule has 1 saturated carbocycles. The molecule has 128 valence electrons. The van der Waals surface area contributed by atoms with Gasteiger partial charge >= 0.3 is 0 Å². The Morgan fingerprint density at radius 3 is 2.57 bits per heavy atom. The summed E-state index contributed by atoms with van der Waals surface area (Å²) >= 11 is 1.72. The van der Waals surface area contributed by atoms with Gasteiger partial charge in [-0.15, -0.1) is 0 Å². The molecular weight excluding hydrogens is 306 g/mol. The lowest BCUT2D eigenvalue weighted by Crippen LogP contribution is -2.50. The average Bonchev–Trinajstić information content (AvgIpc) is 2.78. The van der Waals surface area contributed by atoms with Crippen molar-refractivity contribution in [1.82, 2.24) is 14.9 Å². The zero-order valence-corrected chi connectivity index (χ0v) is 15.4. The third-order valence-corrected chi connectivity index (χ3v) is 6.08. The molecule has 6 heteroatoms. The summed E-state index contributed by atoms with van der Waals surface area (Å²) in [5.41, 5.74) is 6.03. The minimum Gasteiger partial charge on any atom is -0.383 e. The second-order valence-corrected chi connectivity index (χ2v) is 8.15. The van der Waals surface area contributed by atoms with Crippen LogP contribution in [0.1, 0.15) is 32.6 Å². The molecule has 0 spiro atoms. The lowest BCUT2D eigenvalue weighted by Gasteiger charge is -2.41. The number of piperidine rings is 1. The van der Waals surface area contributed by atoms with Gasteiger partial charge in [-0.3, -0.25) is 0 Å². The van der Waals surface area contributed by atoms with Crippen LogP contribution in [-0.4, -0.2) is 53.8 Å². The quantitative estimate of drug-likeness (QED) is 0.490. The largest absolute Gasteiger partial charge is 0.383 e. The van der Waals surface area contributed by atoms with Crippen molar-refractivity contribution in [1.29, 1.82) is 0 Å². The molecule has 2 heterocycles. The number of aromatic nitrogens is 2. The Morgan fingerprint density at radius 1 is 1.26 bits per heavy atom. The first kappa shape index (κ1) is 16.8. The highest BCUT2D eigenvalue weighted by Crippen LogP contribution is 2.40. The van der Waals surface area contributed by atoms with Crippen LogP contribution < -0.4 is 10.6 Å². The van der Waals surface area contributed by atoms with E-state index in [-0.39, 0.29) is 0 Å². The summed E-state index contributed by atoms with van der Waals surface area (Å²) in [4.78, 5) is 14.0. The Balaban J connectivity index is 1.72. The number of hydrogen-bond acceptors (Lipinski definition) is 6. The Kier molecular flexibility index (Phi) is 5.31. The van der Waals surface area contributed by atoms with Gasteiger partial charge in [-0.2, -0.15) is 0 Å². The number of thioether (sulfide) groups is 1. The Morgan fingerprint density at radius 2 is 1.96 bits per heavy atom. The van der Waals surface area contributed by atoms with Gasteiger partial charge < -0.3 is 15.5 Å². The van der Waals surface area contributed by atoms with Gasteiger partial charge in [0, 0.05) is 31.0 Å². The first-order valence-electron chi connectivity index (χ1n) is 8.77. The number of hydrogen-bond donors (Lipinski definition) is 1. The fraction of sp³-hybridized carbons (Fsp3) is 0.765. The summed E-state index contributed by atoms with van der Waals surface area (Å²) < 4.78 is 0. The molecule has 2 N–H and O–H groups in total. The lowest BCUT2D eigenvalue weighted by molar-refractivity contribution is 0.171. The molecule has 1 aromatic rings. The van der Waals surface area contributed by atoms with Crippen LogP contribution in [0.2, 0.25) is 0 Å². The molecule has 1 aliphatic carbocycles. The van der Waals surface area contributed by atoms with Crippen molar-refractivity contribution in [3.8, 4) is 0 Å². The van der Waals surface area contributed by atoms with Gasteiger partial charge in [0.1, 0.15) is 11.6 Å². The van der Waals surface area contributed by atoms with E-state index in [1.807, 2.05) is 6.07 Å². The predicted octanol–water partition coefficient (Wildman–Crippen LogP) is 2.73. The third kappa shape index (κ3) is 3.74. The van der Waals surface area contributed by atoms with Crippen molar-refractivity contribution in [2.75, 3.05) is 43.6 Å². The molecule has 2 fully saturated rings. The number of nitrogens with two attached hydrogens (primary N) is 1. The molecular formula is C17H29N5S. The van der Waals surface area contributed by atoms with Gasteiger partial charge in [0.15, 0.2) is 5.16 Å². The molecule has 3 rings (SSSR count). The van der Waals surface area contributed by atoms with E-state index in [4.69, 9.17) is 10.7 Å². The van der Waals surface area contributed by atoms with E-state index >= 15 is 0 Å². The summed E-state index contributed by atoms with van der Waals surface area (Å²) in [5.74, 6) is 4.17. The first-order valence-corrected chi connectivity index (χ1v) is 9.75. The summed E-state index contributed by atoms with van der Waals surface area (Å²) in [6.45, 7) is 4.39. The number of rotatable bonds is 6. The van der Waals surface area contributed by atoms with Crippen molar-refractivity contribution in [3.63, 3.8) is 0 Å². The molecule has 23 heavy (non-hydrogen) atoms. The second-order valence-electron chi connectivity index (χ2n) is 7.09. The Bertz CT molecular complexity index is 522. The van der Waals surface area contributed by atoms with Crippen molar-refractivity contribution >= 4 is 23.4 Å². The van der Waals surface area contributed by atoms with E-state index in [1.54, 1.807) is 11.8 Å². The molecule has 3 atom stereocenters. The topological polar surface area (TPSA) is 58.3 Å². The number of nitrogen functional groups attached to an aromatic ring is 1. The fourth-order valence-corrected chi connectivity index (χ4v) is 5.13. The molecule has 5 nitrogen and oxygen atoms in total. The van der Waals surface area contributed by atoms with Crippen LogP contribution in [0.4, 0.5) is 11.6 Å². The Labute approximate surface area is 144 Å². The van der Waals surface area contributed by atoms with Crippen LogP contribution in [0, 0.1) is 11.8 Å². The van der Waals surface area contributed by atoms with Crippen molar-refractivity contribution in [2.24, 2.45) is 11.8 Å². The fourth-order valence-electron chi connectivity index (χ4n) is 4.19. The van der Waals surface area contributed by atoms with Gasteiger partial charge in [-0.1, -0.05) is 25.1 Å². The number of nitrogens with zero attached hydrogens (tertiary/aromatic N) is 4. The van der Waals surface area contributed by atoms with Crippen molar-refractivity contribution < 1.29 is 0 Å². The zero-order chi connectivity index (χ0) is 16.4. The molecule has 0 aromatic carbocycles. The van der Waals surface area contributed by atoms with Gasteiger partial charge in [0.2, 0.25) is 0 Å². The van der Waals surface area contributed by atoms with Crippen LogP contribution in [0.3, 0.4) is 0 Å². The molecule has 1 aliphatic heterocycles. The van der Waals surface area contributed by atoms with E-state index < -0.39 is 0 Å². The summed E-state index contributed by atoms with van der Waals surface area (Å²) in [7, 11) is 4.44. The van der Waals surface area contributed by atoms with Crippen LogP contribution >= 0.6 is 11.8 Å². The van der Waals surface area contributed by atoms with Crippen LogP contribution in [-0.2, 0) is 0 Å². The van der Waals surface area contributed by atoms with E-state index in [2.05, 4.69) is 35.8 Å². The van der Waals surface area contributed by atoms with Crippen molar-refractivity contribution in [2.45, 2.75) is 43.8 Å². The smallest absolute Gasteiger partial charge is 0.191 e. The molecule has 1 saturated heterocycles. The normalized spacial score (nSPS) is 27.0. The highest BCUT2D eigenvalue weighted by Gasteiger charge is 2.43. The maximum Gasteiger partial charge on any atom is 0.191 e. The molecule has 1 aromatic heterocycles. The third-order valence-electron chi connectivity index (χ3n) is 5.15. The van der Waals surface area contributed by atoms with Crippen LogP contribution in [0.25, 0.3) is 0 Å². The highest BCUT2D eigenvalue weighted by atomic mass is 32.2. The van der Waals surface area contributed by atoms with E-state index in [0.717, 1.165) is 47.7 Å². The minimum absolute atomic E-state index is 0.594. The zero-order valence-electron chi connectivity index (χ0n) is 14.5. The van der Waals surface area contributed by atoms with Gasteiger partial charge in [0.25, 0.3) is 0 Å². The van der Waals surface area contributed by atoms with Gasteiger partial charge in [-0.05, 0) is 45.2 Å². The molecule has 1 unspecified atom stereocenters. The minimum atomic E-state index is 0.594. The summed E-state index contributed by atoms with van der Waals surface area (Å²) in [6.07, 6.45) is 5.06. The summed E-state index contributed by atoms with van der Waals surface area (Å²) in [6, 6.07) is 2.67. The van der Waals surface area contributed by atoms with Crippen LogP contribution in [0.15, 0.2) is 11.2 Å². The molecule has 2 bridgehead atoms. The Hall–Kier alpha value is -1.01. The number of anilines is 2.